The fraction of sp³-hybridized carbons (Fsp3) is 0.526. The second-order valence-electron chi connectivity index (χ2n) is 6.95. The van der Waals surface area contributed by atoms with Gasteiger partial charge in [-0.05, 0) is 49.9 Å². The molecule has 1 unspecified atom stereocenters. The molecule has 1 amide bonds. The van der Waals surface area contributed by atoms with Crippen molar-refractivity contribution in [3.63, 3.8) is 0 Å². The number of nitrogens with zero attached hydrogens (tertiary/aromatic N) is 4. The van der Waals surface area contributed by atoms with Crippen molar-refractivity contribution in [2.75, 3.05) is 38.2 Å². The van der Waals surface area contributed by atoms with Crippen molar-refractivity contribution in [3.8, 4) is 17.1 Å². The van der Waals surface area contributed by atoms with Crippen LogP contribution < -0.4 is 9.64 Å². The number of hydrogen-bond donors (Lipinski definition) is 0. The van der Waals surface area contributed by atoms with Gasteiger partial charge in [0.15, 0.2) is 0 Å². The highest BCUT2D eigenvalue weighted by Gasteiger charge is 2.32. The predicted octanol–water partition coefficient (Wildman–Crippen LogP) is 2.58. The molecule has 1 aromatic carbocycles. The number of hydrogen-bond acceptors (Lipinski definition) is 6. The SMILES string of the molecule is COc1ccc(-c2noc(N3CCCC(C(=O)N4CCCC4)C3)n2)cc1. The van der Waals surface area contributed by atoms with Crippen LogP contribution in [0.15, 0.2) is 28.8 Å². The zero-order valence-corrected chi connectivity index (χ0v) is 15.1. The third kappa shape index (κ3) is 3.38. The maximum atomic E-state index is 12.7. The minimum Gasteiger partial charge on any atom is -0.497 e. The lowest BCUT2D eigenvalue weighted by molar-refractivity contribution is -0.134. The van der Waals surface area contributed by atoms with E-state index >= 15 is 0 Å². The maximum Gasteiger partial charge on any atom is 0.324 e. The summed E-state index contributed by atoms with van der Waals surface area (Å²) in [6, 6.07) is 8.05. The Kier molecular flexibility index (Phi) is 4.77. The number of piperidine rings is 1. The Labute approximate surface area is 152 Å². The van der Waals surface area contributed by atoms with Gasteiger partial charge in [-0.1, -0.05) is 5.16 Å². The number of anilines is 1. The molecule has 2 saturated heterocycles. The number of carbonyl (C=O) groups excluding carboxylic acids is 1. The summed E-state index contributed by atoms with van der Waals surface area (Å²) in [5, 5.41) is 4.10. The van der Waals surface area contributed by atoms with Gasteiger partial charge in [-0.3, -0.25) is 4.79 Å². The zero-order chi connectivity index (χ0) is 17.9. The summed E-state index contributed by atoms with van der Waals surface area (Å²) in [6.45, 7) is 3.29. The van der Waals surface area contributed by atoms with Crippen molar-refractivity contribution in [2.45, 2.75) is 25.7 Å². The molecule has 0 bridgehead atoms. The molecule has 2 aromatic rings. The molecule has 7 heteroatoms. The van der Waals surface area contributed by atoms with Crippen LogP contribution in [0.4, 0.5) is 6.01 Å². The average Bonchev–Trinajstić information content (AvgIpc) is 3.40. The zero-order valence-electron chi connectivity index (χ0n) is 15.1. The Morgan fingerprint density at radius 3 is 2.65 bits per heavy atom. The van der Waals surface area contributed by atoms with Gasteiger partial charge >= 0.3 is 6.01 Å². The monoisotopic (exact) mass is 356 g/mol. The lowest BCUT2D eigenvalue weighted by Crippen LogP contribution is -2.44. The Morgan fingerprint density at radius 2 is 1.92 bits per heavy atom. The van der Waals surface area contributed by atoms with Gasteiger partial charge in [0, 0.05) is 31.7 Å². The van der Waals surface area contributed by atoms with E-state index in [-0.39, 0.29) is 11.8 Å². The first-order valence-corrected chi connectivity index (χ1v) is 9.26. The lowest BCUT2D eigenvalue weighted by Gasteiger charge is -2.32. The normalized spacial score (nSPS) is 20.4. The van der Waals surface area contributed by atoms with Gasteiger partial charge in [0.25, 0.3) is 0 Å². The Bertz CT molecular complexity index is 752. The third-order valence-corrected chi connectivity index (χ3v) is 5.22. The van der Waals surface area contributed by atoms with Gasteiger partial charge in [0.05, 0.1) is 13.0 Å². The van der Waals surface area contributed by atoms with E-state index in [1.165, 1.54) is 0 Å². The molecule has 1 aromatic heterocycles. The van der Waals surface area contributed by atoms with Crippen LogP contribution in [0.1, 0.15) is 25.7 Å². The second-order valence-corrected chi connectivity index (χ2v) is 6.95. The first-order valence-electron chi connectivity index (χ1n) is 9.26. The molecule has 2 aliphatic rings. The predicted molar refractivity (Wildman–Crippen MR) is 97.0 cm³/mol. The minimum atomic E-state index is 0.0261. The molecule has 0 radical (unpaired) electrons. The van der Waals surface area contributed by atoms with E-state index < -0.39 is 0 Å². The van der Waals surface area contributed by atoms with Gasteiger partial charge in [-0.2, -0.15) is 4.98 Å². The number of amides is 1. The summed E-state index contributed by atoms with van der Waals surface area (Å²) in [6.07, 6.45) is 4.14. The van der Waals surface area contributed by atoms with Crippen LogP contribution in [0.2, 0.25) is 0 Å². The summed E-state index contributed by atoms with van der Waals surface area (Å²) < 4.78 is 10.7. The molecule has 0 saturated carbocycles. The molecular weight excluding hydrogens is 332 g/mol. The Morgan fingerprint density at radius 1 is 1.15 bits per heavy atom. The largest absolute Gasteiger partial charge is 0.497 e. The summed E-state index contributed by atoms with van der Waals surface area (Å²) in [5.41, 5.74) is 0.877. The van der Waals surface area contributed by atoms with Crippen molar-refractivity contribution in [3.05, 3.63) is 24.3 Å². The van der Waals surface area contributed by atoms with Crippen LogP contribution in [-0.4, -0.2) is 54.2 Å². The summed E-state index contributed by atoms with van der Waals surface area (Å²) >= 11 is 0. The van der Waals surface area contributed by atoms with Crippen LogP contribution in [0.25, 0.3) is 11.4 Å². The van der Waals surface area contributed by atoms with E-state index in [9.17, 15) is 4.79 Å². The van der Waals surface area contributed by atoms with E-state index in [2.05, 4.69) is 10.1 Å². The van der Waals surface area contributed by atoms with E-state index in [0.29, 0.717) is 18.4 Å². The quantitative estimate of drug-likeness (QED) is 0.838. The highest BCUT2D eigenvalue weighted by Crippen LogP contribution is 2.27. The lowest BCUT2D eigenvalue weighted by atomic mass is 9.97. The van der Waals surface area contributed by atoms with Crippen LogP contribution in [0.3, 0.4) is 0 Å². The smallest absolute Gasteiger partial charge is 0.324 e. The number of aromatic nitrogens is 2. The molecule has 0 spiro atoms. The molecule has 138 valence electrons. The standard InChI is InChI=1S/C19H24N4O3/c1-25-16-8-6-14(7-9-16)17-20-19(26-21-17)23-12-4-5-15(13-23)18(24)22-10-2-3-11-22/h6-9,15H,2-5,10-13H2,1H3. The van der Waals surface area contributed by atoms with E-state index in [4.69, 9.17) is 9.26 Å². The summed E-state index contributed by atoms with van der Waals surface area (Å²) in [4.78, 5) is 21.3. The van der Waals surface area contributed by atoms with Crippen molar-refractivity contribution in [1.29, 1.82) is 0 Å². The van der Waals surface area contributed by atoms with Crippen LogP contribution in [0, 0.1) is 5.92 Å². The molecule has 7 nitrogen and oxygen atoms in total. The van der Waals surface area contributed by atoms with Gasteiger partial charge < -0.3 is 19.1 Å². The summed E-state index contributed by atoms with van der Waals surface area (Å²) in [5.74, 6) is 1.65. The summed E-state index contributed by atoms with van der Waals surface area (Å²) in [7, 11) is 1.64. The van der Waals surface area contributed by atoms with Gasteiger partial charge in [-0.25, -0.2) is 0 Å². The minimum absolute atomic E-state index is 0.0261. The molecule has 2 aliphatic heterocycles. The van der Waals surface area contributed by atoms with Crippen molar-refractivity contribution in [2.24, 2.45) is 5.92 Å². The number of likely N-dealkylation sites (tertiary alicyclic amines) is 1. The number of benzene rings is 1. The average molecular weight is 356 g/mol. The van der Waals surface area contributed by atoms with Crippen LogP contribution in [0.5, 0.6) is 5.75 Å². The van der Waals surface area contributed by atoms with Crippen molar-refractivity contribution in [1.82, 2.24) is 15.0 Å². The number of rotatable bonds is 4. The molecular formula is C19H24N4O3. The molecule has 3 heterocycles. The third-order valence-electron chi connectivity index (χ3n) is 5.22. The van der Waals surface area contributed by atoms with Crippen LogP contribution in [-0.2, 0) is 4.79 Å². The maximum absolute atomic E-state index is 12.7. The Balaban J connectivity index is 1.45. The van der Waals surface area contributed by atoms with Crippen molar-refractivity contribution >= 4 is 11.9 Å². The molecule has 0 aliphatic carbocycles. The molecule has 26 heavy (non-hydrogen) atoms. The Hall–Kier alpha value is -2.57. The highest BCUT2D eigenvalue weighted by molar-refractivity contribution is 5.80. The van der Waals surface area contributed by atoms with E-state index in [0.717, 1.165) is 56.6 Å². The van der Waals surface area contributed by atoms with Crippen molar-refractivity contribution < 1.29 is 14.1 Å². The van der Waals surface area contributed by atoms with Crippen LogP contribution >= 0.6 is 0 Å². The molecule has 0 N–H and O–H groups in total. The van der Waals surface area contributed by atoms with E-state index in [1.807, 2.05) is 34.1 Å². The fourth-order valence-electron chi connectivity index (χ4n) is 3.75. The number of carbonyl (C=O) groups is 1. The second kappa shape index (κ2) is 7.35. The molecule has 1 atom stereocenters. The van der Waals surface area contributed by atoms with E-state index in [1.54, 1.807) is 7.11 Å². The number of methoxy groups -OCH3 is 1. The first kappa shape index (κ1) is 16.9. The highest BCUT2D eigenvalue weighted by atomic mass is 16.5. The van der Waals surface area contributed by atoms with Gasteiger partial charge in [0.1, 0.15) is 5.75 Å². The van der Waals surface area contributed by atoms with Gasteiger partial charge in [-0.15, -0.1) is 0 Å². The topological polar surface area (TPSA) is 71.7 Å². The first-order chi connectivity index (χ1) is 12.7. The molecule has 2 fully saturated rings. The fourth-order valence-corrected chi connectivity index (χ4v) is 3.75. The number of ether oxygens (including phenoxy) is 1. The molecule has 4 rings (SSSR count). The van der Waals surface area contributed by atoms with Gasteiger partial charge in [0.2, 0.25) is 11.7 Å².